The van der Waals surface area contributed by atoms with Crippen LogP contribution in [-0.2, 0) is 4.79 Å². The van der Waals surface area contributed by atoms with E-state index in [2.05, 4.69) is 27.8 Å². The largest absolute Gasteiger partial charge is 0.342 e. The van der Waals surface area contributed by atoms with Gasteiger partial charge >= 0.3 is 0 Å². The van der Waals surface area contributed by atoms with Gasteiger partial charge < -0.3 is 4.90 Å². The Morgan fingerprint density at radius 3 is 2.80 bits per heavy atom. The van der Waals surface area contributed by atoms with Gasteiger partial charge in [0.05, 0.1) is 0 Å². The van der Waals surface area contributed by atoms with Crippen molar-refractivity contribution in [2.45, 2.75) is 32.6 Å². The quantitative estimate of drug-likeness (QED) is 0.722. The van der Waals surface area contributed by atoms with E-state index >= 15 is 0 Å². The molecule has 2 atom stereocenters. The molecule has 0 aromatic rings. The third-order valence-electron chi connectivity index (χ3n) is 3.83. The number of carbonyl (C=O) groups is 1. The second-order valence-corrected chi connectivity index (χ2v) is 5.84. The minimum Gasteiger partial charge on any atom is -0.342 e. The number of hydrogen-bond donors (Lipinski definition) is 0. The predicted octanol–water partition coefficient (Wildman–Crippen LogP) is 2.67. The number of halogens is 1. The zero-order valence-corrected chi connectivity index (χ0v) is 11.0. The smallest absolute Gasteiger partial charge is 0.225 e. The van der Waals surface area contributed by atoms with Crippen molar-refractivity contribution in [3.63, 3.8) is 0 Å². The molecular weight excluding hydrogens is 254 g/mol. The molecule has 3 heteroatoms. The van der Waals surface area contributed by atoms with Gasteiger partial charge in [0.1, 0.15) is 0 Å². The zero-order chi connectivity index (χ0) is 10.8. The molecule has 1 saturated carbocycles. The number of alkyl halides is 1. The standard InChI is InChI=1S/C12H20BrNO/c1-9(11-2-3-11)12(15)14-7-5-10(8-14)4-6-13/h9-11H,2-8H2,1H3. The van der Waals surface area contributed by atoms with Gasteiger partial charge in [-0.3, -0.25) is 4.79 Å². The highest BCUT2D eigenvalue weighted by atomic mass is 79.9. The lowest BCUT2D eigenvalue weighted by Crippen LogP contribution is -2.34. The summed E-state index contributed by atoms with van der Waals surface area (Å²) in [6, 6.07) is 0. The maximum atomic E-state index is 12.1. The lowest BCUT2D eigenvalue weighted by molar-refractivity contribution is -0.134. The van der Waals surface area contributed by atoms with Crippen molar-refractivity contribution in [2.75, 3.05) is 18.4 Å². The van der Waals surface area contributed by atoms with Crippen molar-refractivity contribution < 1.29 is 4.79 Å². The summed E-state index contributed by atoms with van der Waals surface area (Å²) in [6.45, 7) is 4.10. The summed E-state index contributed by atoms with van der Waals surface area (Å²) in [6.07, 6.45) is 4.95. The van der Waals surface area contributed by atoms with E-state index in [-0.39, 0.29) is 5.92 Å². The maximum Gasteiger partial charge on any atom is 0.225 e. The SMILES string of the molecule is CC(C(=O)N1CCC(CCBr)C1)C1CC1. The van der Waals surface area contributed by atoms with Gasteiger partial charge in [0.25, 0.3) is 0 Å². The molecule has 2 fully saturated rings. The average Bonchev–Trinajstić information content (AvgIpc) is 2.98. The molecule has 2 rings (SSSR count). The van der Waals surface area contributed by atoms with E-state index in [1.165, 1.54) is 25.7 Å². The molecule has 86 valence electrons. The fraction of sp³-hybridized carbons (Fsp3) is 0.917. The van der Waals surface area contributed by atoms with Gasteiger partial charge in [-0.2, -0.15) is 0 Å². The van der Waals surface area contributed by atoms with Gasteiger partial charge in [-0.05, 0) is 37.5 Å². The molecule has 1 aliphatic carbocycles. The summed E-state index contributed by atoms with van der Waals surface area (Å²) in [4.78, 5) is 14.2. The van der Waals surface area contributed by atoms with Crippen LogP contribution in [0.1, 0.15) is 32.6 Å². The van der Waals surface area contributed by atoms with E-state index in [9.17, 15) is 4.79 Å². The highest BCUT2D eigenvalue weighted by Crippen LogP contribution is 2.38. The van der Waals surface area contributed by atoms with E-state index < -0.39 is 0 Å². The van der Waals surface area contributed by atoms with E-state index in [1.807, 2.05) is 0 Å². The highest BCUT2D eigenvalue weighted by Gasteiger charge is 2.36. The first-order chi connectivity index (χ1) is 7.22. The minimum absolute atomic E-state index is 0.285. The minimum atomic E-state index is 0.285. The molecule has 1 heterocycles. The molecule has 0 N–H and O–H groups in total. The fourth-order valence-electron chi connectivity index (χ4n) is 2.51. The van der Waals surface area contributed by atoms with Crippen molar-refractivity contribution >= 4 is 21.8 Å². The molecule has 0 aromatic heterocycles. The number of carbonyl (C=O) groups excluding carboxylic acids is 1. The Kier molecular flexibility index (Phi) is 3.70. The Balaban J connectivity index is 1.81. The number of nitrogens with zero attached hydrogens (tertiary/aromatic N) is 1. The van der Waals surface area contributed by atoms with Gasteiger partial charge in [0, 0.05) is 24.3 Å². The lowest BCUT2D eigenvalue weighted by Gasteiger charge is -2.20. The second-order valence-electron chi connectivity index (χ2n) is 5.04. The number of rotatable bonds is 4. The molecule has 1 aliphatic heterocycles. The van der Waals surface area contributed by atoms with Crippen LogP contribution in [-0.4, -0.2) is 29.2 Å². The van der Waals surface area contributed by atoms with E-state index in [0.29, 0.717) is 11.8 Å². The van der Waals surface area contributed by atoms with Crippen molar-refractivity contribution in [1.82, 2.24) is 4.90 Å². The predicted molar refractivity (Wildman–Crippen MR) is 65.0 cm³/mol. The van der Waals surface area contributed by atoms with Crippen LogP contribution in [0.15, 0.2) is 0 Å². The normalized spacial score (nSPS) is 28.1. The van der Waals surface area contributed by atoms with Crippen LogP contribution in [0.4, 0.5) is 0 Å². The summed E-state index contributed by atoms with van der Waals surface area (Å²) in [5, 5.41) is 1.07. The van der Waals surface area contributed by atoms with Crippen LogP contribution in [0, 0.1) is 17.8 Å². The molecular formula is C12H20BrNO. The average molecular weight is 274 g/mol. The first-order valence-electron chi connectivity index (χ1n) is 6.07. The molecule has 1 saturated heterocycles. The van der Waals surface area contributed by atoms with Crippen LogP contribution in [0.25, 0.3) is 0 Å². The van der Waals surface area contributed by atoms with Crippen LogP contribution in [0.2, 0.25) is 0 Å². The molecule has 15 heavy (non-hydrogen) atoms. The van der Waals surface area contributed by atoms with Gasteiger partial charge in [0.15, 0.2) is 0 Å². The van der Waals surface area contributed by atoms with Crippen LogP contribution in [0.5, 0.6) is 0 Å². The fourth-order valence-corrected chi connectivity index (χ4v) is 3.16. The summed E-state index contributed by atoms with van der Waals surface area (Å²) in [5.74, 6) is 2.13. The van der Waals surface area contributed by atoms with Crippen LogP contribution in [0.3, 0.4) is 0 Å². The third kappa shape index (κ3) is 2.74. The lowest BCUT2D eigenvalue weighted by atomic mass is 10.0. The summed E-state index contributed by atoms with van der Waals surface area (Å²) < 4.78 is 0. The van der Waals surface area contributed by atoms with Gasteiger partial charge in [-0.25, -0.2) is 0 Å². The summed E-state index contributed by atoms with van der Waals surface area (Å²) in [5.41, 5.74) is 0. The molecule has 0 aromatic carbocycles. The molecule has 2 nitrogen and oxygen atoms in total. The molecule has 0 spiro atoms. The topological polar surface area (TPSA) is 20.3 Å². The number of likely N-dealkylation sites (tertiary alicyclic amines) is 1. The number of hydrogen-bond acceptors (Lipinski definition) is 1. The monoisotopic (exact) mass is 273 g/mol. The zero-order valence-electron chi connectivity index (χ0n) is 9.42. The molecule has 0 radical (unpaired) electrons. The van der Waals surface area contributed by atoms with Gasteiger partial charge in [-0.15, -0.1) is 0 Å². The highest BCUT2D eigenvalue weighted by molar-refractivity contribution is 9.09. The Labute approximate surface area is 101 Å². The van der Waals surface area contributed by atoms with E-state index in [4.69, 9.17) is 0 Å². The summed E-state index contributed by atoms with van der Waals surface area (Å²) in [7, 11) is 0. The van der Waals surface area contributed by atoms with Crippen molar-refractivity contribution in [1.29, 1.82) is 0 Å². The third-order valence-corrected chi connectivity index (χ3v) is 4.29. The maximum absolute atomic E-state index is 12.1. The van der Waals surface area contributed by atoms with E-state index in [1.54, 1.807) is 0 Å². The molecule has 1 amide bonds. The summed E-state index contributed by atoms with van der Waals surface area (Å²) >= 11 is 3.48. The first kappa shape index (κ1) is 11.4. The Morgan fingerprint density at radius 1 is 1.47 bits per heavy atom. The van der Waals surface area contributed by atoms with Crippen LogP contribution < -0.4 is 0 Å². The van der Waals surface area contributed by atoms with Crippen molar-refractivity contribution in [3.8, 4) is 0 Å². The van der Waals surface area contributed by atoms with Gasteiger partial charge in [0.2, 0.25) is 5.91 Å². The van der Waals surface area contributed by atoms with Crippen LogP contribution >= 0.6 is 15.9 Å². The van der Waals surface area contributed by atoms with Crippen molar-refractivity contribution in [2.24, 2.45) is 17.8 Å². The Morgan fingerprint density at radius 2 is 2.20 bits per heavy atom. The second kappa shape index (κ2) is 4.86. The first-order valence-corrected chi connectivity index (χ1v) is 7.19. The Hall–Kier alpha value is -0.0500. The van der Waals surface area contributed by atoms with Gasteiger partial charge in [-0.1, -0.05) is 22.9 Å². The Bertz CT molecular complexity index is 240. The molecule has 0 bridgehead atoms. The molecule has 2 aliphatic rings. The van der Waals surface area contributed by atoms with E-state index in [0.717, 1.165) is 24.3 Å². The number of amides is 1. The van der Waals surface area contributed by atoms with Crippen molar-refractivity contribution in [3.05, 3.63) is 0 Å². The molecule has 2 unspecified atom stereocenters.